The van der Waals surface area contributed by atoms with E-state index >= 15 is 0 Å². The average molecular weight is 483 g/mol. The quantitative estimate of drug-likeness (QED) is 0.0908. The molecule has 0 N–H and O–H groups in total. The number of carbonyl (C=O) groups is 1. The van der Waals surface area contributed by atoms with Gasteiger partial charge < -0.3 is 9.47 Å². The largest absolute Gasteiger partial charge is 0.508 e. The number of rotatable bonds is 26. The smallest absolute Gasteiger partial charge is 0.434 e. The molecule has 3 nitrogen and oxygen atoms in total. The molecular weight excluding hydrogens is 420 g/mol. The van der Waals surface area contributed by atoms with E-state index < -0.39 is 6.16 Å². The number of carbonyl (C=O) groups excluding carboxylic acids is 1. The lowest BCUT2D eigenvalue weighted by atomic mass is 10.0. The van der Waals surface area contributed by atoms with Gasteiger partial charge in [0.05, 0.1) is 13.2 Å². The fourth-order valence-corrected chi connectivity index (χ4v) is 4.59. The van der Waals surface area contributed by atoms with Crippen LogP contribution in [0.5, 0.6) is 0 Å². The zero-order chi connectivity index (χ0) is 25.1. The third-order valence-corrected chi connectivity index (χ3v) is 7.07. The van der Waals surface area contributed by atoms with E-state index in [4.69, 9.17) is 9.47 Å². The summed E-state index contributed by atoms with van der Waals surface area (Å²) in [5.41, 5.74) is 0. The zero-order valence-electron chi connectivity index (χ0n) is 23.9. The maximum atomic E-state index is 11.9. The minimum atomic E-state index is -0.482. The lowest BCUT2D eigenvalue weighted by molar-refractivity contribution is 0.0356. The minimum absolute atomic E-state index is 0.422. The maximum absolute atomic E-state index is 11.9. The molecule has 2 atom stereocenters. The highest BCUT2D eigenvalue weighted by Crippen LogP contribution is 2.16. The van der Waals surface area contributed by atoms with Crippen LogP contribution in [-0.4, -0.2) is 19.4 Å². The van der Waals surface area contributed by atoms with Gasteiger partial charge in [0.1, 0.15) is 0 Å². The van der Waals surface area contributed by atoms with E-state index in [1.165, 1.54) is 128 Å². The van der Waals surface area contributed by atoms with Crippen molar-refractivity contribution in [3.05, 3.63) is 0 Å². The Labute approximate surface area is 214 Å². The molecule has 0 saturated carbocycles. The summed E-state index contributed by atoms with van der Waals surface area (Å²) in [7, 11) is 0. The summed E-state index contributed by atoms with van der Waals surface area (Å²) < 4.78 is 10.7. The topological polar surface area (TPSA) is 35.5 Å². The maximum Gasteiger partial charge on any atom is 0.508 e. The Balaban J connectivity index is 3.42. The molecule has 0 spiro atoms. The molecule has 0 bridgehead atoms. The molecule has 0 heterocycles. The van der Waals surface area contributed by atoms with Gasteiger partial charge >= 0.3 is 6.16 Å². The molecule has 0 aliphatic carbocycles. The summed E-state index contributed by atoms with van der Waals surface area (Å²) >= 11 is 0. The SMILES string of the molecule is CCCCCCCCCCCCC(C)COC(=O)OCC(C)CCCCCCCCCCCC. The molecule has 0 aromatic carbocycles. The molecule has 3 heteroatoms. The van der Waals surface area contributed by atoms with E-state index in [1.807, 2.05) is 0 Å². The first-order chi connectivity index (χ1) is 16.6. The molecule has 0 aliphatic heterocycles. The van der Waals surface area contributed by atoms with Crippen molar-refractivity contribution < 1.29 is 14.3 Å². The standard InChI is InChI=1S/C31H62O3/c1-5-7-9-11-13-15-17-19-21-23-25-29(3)27-33-31(32)34-28-30(4)26-24-22-20-18-16-14-12-10-8-6-2/h29-30H,5-28H2,1-4H3. The van der Waals surface area contributed by atoms with Crippen molar-refractivity contribution in [1.82, 2.24) is 0 Å². The van der Waals surface area contributed by atoms with Gasteiger partial charge in [-0.3, -0.25) is 0 Å². The van der Waals surface area contributed by atoms with Crippen molar-refractivity contribution >= 4 is 6.16 Å². The van der Waals surface area contributed by atoms with E-state index in [0.29, 0.717) is 25.0 Å². The molecular formula is C31H62O3. The highest BCUT2D eigenvalue weighted by Gasteiger charge is 2.11. The second-order valence-corrected chi connectivity index (χ2v) is 11.0. The van der Waals surface area contributed by atoms with Crippen molar-refractivity contribution in [1.29, 1.82) is 0 Å². The van der Waals surface area contributed by atoms with Crippen LogP contribution >= 0.6 is 0 Å². The van der Waals surface area contributed by atoms with Crippen LogP contribution in [0.1, 0.15) is 169 Å². The molecule has 0 aromatic heterocycles. The van der Waals surface area contributed by atoms with Crippen LogP contribution in [0.15, 0.2) is 0 Å². The summed E-state index contributed by atoms with van der Waals surface area (Å²) in [6.45, 7) is 9.88. The fourth-order valence-electron chi connectivity index (χ4n) is 4.59. The lowest BCUT2D eigenvalue weighted by Crippen LogP contribution is -2.16. The van der Waals surface area contributed by atoms with Gasteiger partial charge in [0.2, 0.25) is 0 Å². The third-order valence-electron chi connectivity index (χ3n) is 7.07. The first-order valence-electron chi connectivity index (χ1n) is 15.4. The number of ether oxygens (including phenoxy) is 2. The Kier molecular flexibility index (Phi) is 26.3. The summed E-state index contributed by atoms with van der Waals surface area (Å²) in [4.78, 5) is 11.9. The van der Waals surface area contributed by atoms with Gasteiger partial charge in [-0.25, -0.2) is 4.79 Å². The Morgan fingerprint density at radius 3 is 1.03 bits per heavy atom. The van der Waals surface area contributed by atoms with Gasteiger partial charge in [0, 0.05) is 0 Å². The minimum Gasteiger partial charge on any atom is -0.434 e. The van der Waals surface area contributed by atoms with E-state index in [0.717, 1.165) is 12.8 Å². The first-order valence-corrected chi connectivity index (χ1v) is 15.4. The van der Waals surface area contributed by atoms with Gasteiger partial charge in [-0.1, -0.05) is 156 Å². The number of unbranched alkanes of at least 4 members (excludes halogenated alkanes) is 18. The summed E-state index contributed by atoms with van der Waals surface area (Å²) in [6.07, 6.45) is 29.0. The predicted molar refractivity (Wildman–Crippen MR) is 149 cm³/mol. The van der Waals surface area contributed by atoms with Crippen LogP contribution in [0.3, 0.4) is 0 Å². The van der Waals surface area contributed by atoms with Crippen LogP contribution in [0.2, 0.25) is 0 Å². The second kappa shape index (κ2) is 26.9. The average Bonchev–Trinajstić information content (AvgIpc) is 2.83. The highest BCUT2D eigenvalue weighted by atomic mass is 16.7. The van der Waals surface area contributed by atoms with Crippen molar-refractivity contribution in [3.63, 3.8) is 0 Å². The van der Waals surface area contributed by atoms with Gasteiger partial charge in [-0.15, -0.1) is 0 Å². The van der Waals surface area contributed by atoms with Crippen LogP contribution in [-0.2, 0) is 9.47 Å². The zero-order valence-corrected chi connectivity index (χ0v) is 23.9. The van der Waals surface area contributed by atoms with Crippen molar-refractivity contribution in [2.75, 3.05) is 13.2 Å². The fraction of sp³-hybridized carbons (Fsp3) is 0.968. The van der Waals surface area contributed by atoms with Gasteiger partial charge in [-0.2, -0.15) is 0 Å². The number of hydrogen-bond acceptors (Lipinski definition) is 3. The van der Waals surface area contributed by atoms with E-state index in [2.05, 4.69) is 27.7 Å². The lowest BCUT2D eigenvalue weighted by Gasteiger charge is -2.14. The molecule has 204 valence electrons. The molecule has 0 saturated heterocycles. The highest BCUT2D eigenvalue weighted by molar-refractivity contribution is 5.59. The Hall–Kier alpha value is -0.730. The normalized spacial score (nSPS) is 13.1. The second-order valence-electron chi connectivity index (χ2n) is 11.0. The van der Waals surface area contributed by atoms with Crippen LogP contribution in [0.4, 0.5) is 4.79 Å². The summed E-state index contributed by atoms with van der Waals surface area (Å²) in [5, 5.41) is 0. The Morgan fingerprint density at radius 1 is 0.471 bits per heavy atom. The van der Waals surface area contributed by atoms with Crippen molar-refractivity contribution in [2.45, 2.75) is 169 Å². The molecule has 0 aromatic rings. The molecule has 0 radical (unpaired) electrons. The summed E-state index contributed by atoms with van der Waals surface area (Å²) in [6, 6.07) is 0. The van der Waals surface area contributed by atoms with Gasteiger partial charge in [0.25, 0.3) is 0 Å². The van der Waals surface area contributed by atoms with Gasteiger partial charge in [-0.05, 0) is 24.7 Å². The third kappa shape index (κ3) is 25.9. The predicted octanol–water partition coefficient (Wildman–Crippen LogP) is 11.0. The van der Waals surface area contributed by atoms with Crippen LogP contribution in [0, 0.1) is 11.8 Å². The summed E-state index contributed by atoms with van der Waals surface area (Å²) in [5.74, 6) is 0.844. The molecule has 0 amide bonds. The Bertz CT molecular complexity index is 373. The Morgan fingerprint density at radius 2 is 0.735 bits per heavy atom. The molecule has 0 aliphatic rings. The number of hydrogen-bond donors (Lipinski definition) is 0. The molecule has 0 fully saturated rings. The van der Waals surface area contributed by atoms with E-state index in [1.54, 1.807) is 0 Å². The monoisotopic (exact) mass is 482 g/mol. The first kappa shape index (κ1) is 33.3. The van der Waals surface area contributed by atoms with E-state index in [-0.39, 0.29) is 0 Å². The van der Waals surface area contributed by atoms with Crippen molar-refractivity contribution in [3.8, 4) is 0 Å². The van der Waals surface area contributed by atoms with E-state index in [9.17, 15) is 4.79 Å². The molecule has 2 unspecified atom stereocenters. The van der Waals surface area contributed by atoms with Crippen LogP contribution in [0.25, 0.3) is 0 Å². The van der Waals surface area contributed by atoms with Gasteiger partial charge in [0.15, 0.2) is 0 Å². The molecule has 34 heavy (non-hydrogen) atoms. The molecule has 0 rings (SSSR count). The van der Waals surface area contributed by atoms with Crippen LogP contribution < -0.4 is 0 Å². The van der Waals surface area contributed by atoms with Crippen molar-refractivity contribution in [2.24, 2.45) is 11.8 Å².